The van der Waals surface area contributed by atoms with Crippen LogP contribution in [0.5, 0.6) is 5.75 Å². The number of hydrogen-bond donors (Lipinski definition) is 0. The van der Waals surface area contributed by atoms with Crippen LogP contribution >= 0.6 is 30.3 Å². The number of unbranched alkanes of at least 4 members (excludes halogenated alkanes) is 5. The van der Waals surface area contributed by atoms with E-state index >= 15 is 0 Å². The van der Waals surface area contributed by atoms with E-state index in [2.05, 4.69) is 0 Å². The summed E-state index contributed by atoms with van der Waals surface area (Å²) in [6, 6.07) is 9.91. The van der Waals surface area contributed by atoms with E-state index < -0.39 is 7.14 Å². The average Bonchev–Trinajstić information content (AvgIpc) is 2.54. The summed E-state index contributed by atoms with van der Waals surface area (Å²) < 4.78 is 17.6. The lowest BCUT2D eigenvalue weighted by Gasteiger charge is -2.11. The molecular formula is C16H25Cl2O2P. The molecule has 0 N–H and O–H groups in total. The van der Waals surface area contributed by atoms with Crippen LogP contribution in [0, 0.1) is 0 Å². The zero-order valence-corrected chi connectivity index (χ0v) is 14.9. The topological polar surface area (TPSA) is 26.3 Å². The maximum absolute atomic E-state index is 12.0. The van der Waals surface area contributed by atoms with E-state index in [1.54, 1.807) is 0 Å². The molecule has 0 aromatic heterocycles. The van der Waals surface area contributed by atoms with Crippen molar-refractivity contribution in [1.29, 1.82) is 0 Å². The molecule has 0 saturated carbocycles. The van der Waals surface area contributed by atoms with Gasteiger partial charge in [-0.15, -0.1) is 23.2 Å². The predicted octanol–water partition coefficient (Wildman–Crippen LogP) is 6.16. The molecule has 0 aliphatic heterocycles. The molecule has 0 heterocycles. The Morgan fingerprint density at radius 3 is 2.05 bits per heavy atom. The Morgan fingerprint density at radius 1 is 0.857 bits per heavy atom. The smallest absolute Gasteiger partial charge is 0.119 e. The first kappa shape index (κ1) is 18.9. The van der Waals surface area contributed by atoms with Crippen molar-refractivity contribution < 1.29 is 9.30 Å². The van der Waals surface area contributed by atoms with E-state index in [1.807, 2.05) is 30.3 Å². The van der Waals surface area contributed by atoms with Crippen molar-refractivity contribution in [2.75, 3.05) is 24.0 Å². The van der Waals surface area contributed by atoms with Crippen LogP contribution in [0.2, 0.25) is 0 Å². The molecule has 120 valence electrons. The second kappa shape index (κ2) is 11.4. The van der Waals surface area contributed by atoms with Crippen molar-refractivity contribution in [3.63, 3.8) is 0 Å². The van der Waals surface area contributed by atoms with E-state index in [0.29, 0.717) is 6.16 Å². The normalized spacial score (nSPS) is 11.5. The zero-order valence-electron chi connectivity index (χ0n) is 12.5. The lowest BCUT2D eigenvalue weighted by atomic mass is 10.1. The number of halogens is 2. The molecule has 0 aliphatic carbocycles. The van der Waals surface area contributed by atoms with Crippen LogP contribution in [0.25, 0.3) is 0 Å². The van der Waals surface area contributed by atoms with Crippen LogP contribution in [0.4, 0.5) is 0 Å². The molecule has 1 rings (SSSR count). The minimum Gasteiger partial charge on any atom is -0.494 e. The van der Waals surface area contributed by atoms with Gasteiger partial charge in [0.15, 0.2) is 0 Å². The minimum atomic E-state index is -2.27. The molecule has 5 heteroatoms. The molecule has 1 aromatic rings. The second-order valence-corrected chi connectivity index (χ2v) is 9.78. The average molecular weight is 351 g/mol. The summed E-state index contributed by atoms with van der Waals surface area (Å²) in [5, 5.41) is 0. The number of benzene rings is 1. The SMILES string of the molecule is O=P(CCl)(CCl)CCCCCCCCOc1ccccc1. The Balaban J connectivity index is 1.92. The molecule has 0 bridgehead atoms. The summed E-state index contributed by atoms with van der Waals surface area (Å²) >= 11 is 11.4. The molecule has 0 aliphatic rings. The standard InChI is InChI=1S/C16H25Cl2O2P/c17-14-21(19,15-18)13-9-4-2-1-3-8-12-20-16-10-6-5-7-11-16/h5-7,10-11H,1-4,8-9,12-15H2. The number of alkyl halides is 2. The van der Waals surface area contributed by atoms with Crippen LogP contribution in [0.15, 0.2) is 30.3 Å². The lowest BCUT2D eigenvalue weighted by molar-refractivity contribution is 0.304. The van der Waals surface area contributed by atoms with Crippen LogP contribution in [-0.2, 0) is 4.57 Å². The highest BCUT2D eigenvalue weighted by Gasteiger charge is 2.18. The molecule has 0 atom stereocenters. The van der Waals surface area contributed by atoms with Gasteiger partial charge in [0.25, 0.3) is 0 Å². The second-order valence-electron chi connectivity index (χ2n) is 5.30. The van der Waals surface area contributed by atoms with Crippen molar-refractivity contribution in [3.05, 3.63) is 30.3 Å². The van der Waals surface area contributed by atoms with Gasteiger partial charge in [-0.1, -0.05) is 43.9 Å². The van der Waals surface area contributed by atoms with Crippen LogP contribution in [0.1, 0.15) is 38.5 Å². The van der Waals surface area contributed by atoms with Crippen molar-refractivity contribution in [2.45, 2.75) is 38.5 Å². The van der Waals surface area contributed by atoms with Gasteiger partial charge >= 0.3 is 0 Å². The first-order chi connectivity index (χ1) is 10.2. The van der Waals surface area contributed by atoms with Crippen molar-refractivity contribution in [3.8, 4) is 5.75 Å². The van der Waals surface area contributed by atoms with Crippen molar-refractivity contribution >= 4 is 30.3 Å². The zero-order chi connectivity index (χ0) is 15.4. The molecular weight excluding hydrogens is 326 g/mol. The summed E-state index contributed by atoms with van der Waals surface area (Å²) in [6.45, 7) is 0.776. The molecule has 0 amide bonds. The van der Waals surface area contributed by atoms with Gasteiger partial charge in [0.05, 0.1) is 17.8 Å². The van der Waals surface area contributed by atoms with Gasteiger partial charge in [-0.05, 0) is 25.0 Å². The number of hydrogen-bond acceptors (Lipinski definition) is 2. The first-order valence-electron chi connectivity index (χ1n) is 7.57. The third kappa shape index (κ3) is 8.76. The first-order valence-corrected chi connectivity index (χ1v) is 10.9. The largest absolute Gasteiger partial charge is 0.494 e. The van der Waals surface area contributed by atoms with Crippen LogP contribution in [-0.4, -0.2) is 24.0 Å². The van der Waals surface area contributed by atoms with Crippen LogP contribution in [0.3, 0.4) is 0 Å². The number of para-hydroxylation sites is 1. The van der Waals surface area contributed by atoms with E-state index in [1.165, 1.54) is 19.3 Å². The quantitative estimate of drug-likeness (QED) is 0.256. The third-order valence-electron chi connectivity index (χ3n) is 3.41. The summed E-state index contributed by atoms with van der Waals surface area (Å²) in [4.78, 5) is 0. The number of ether oxygens (including phenoxy) is 1. The Hall–Kier alpha value is -0.170. The van der Waals surface area contributed by atoms with Gasteiger partial charge in [-0.25, -0.2) is 0 Å². The van der Waals surface area contributed by atoms with Gasteiger partial charge in [0, 0.05) is 6.16 Å². The summed E-state index contributed by atoms with van der Waals surface area (Å²) in [5.74, 6) is 0.940. The molecule has 0 fully saturated rings. The van der Waals surface area contributed by atoms with Gasteiger partial charge in [0.2, 0.25) is 0 Å². The lowest BCUT2D eigenvalue weighted by Crippen LogP contribution is -1.97. The fourth-order valence-corrected chi connectivity index (χ4v) is 4.65. The Bertz CT molecular complexity index is 404. The molecule has 0 unspecified atom stereocenters. The number of rotatable bonds is 12. The molecule has 1 aromatic carbocycles. The molecule has 0 saturated heterocycles. The Morgan fingerprint density at radius 2 is 1.43 bits per heavy atom. The van der Waals surface area contributed by atoms with E-state index in [0.717, 1.165) is 31.6 Å². The van der Waals surface area contributed by atoms with Crippen molar-refractivity contribution in [1.82, 2.24) is 0 Å². The highest BCUT2D eigenvalue weighted by atomic mass is 35.5. The van der Waals surface area contributed by atoms with Gasteiger partial charge in [0.1, 0.15) is 12.9 Å². The summed E-state index contributed by atoms with van der Waals surface area (Å²) in [6.07, 6.45) is 7.40. The highest BCUT2D eigenvalue weighted by Crippen LogP contribution is 2.48. The monoisotopic (exact) mass is 350 g/mol. The van der Waals surface area contributed by atoms with Gasteiger partial charge in [-0.2, -0.15) is 0 Å². The summed E-state index contributed by atoms with van der Waals surface area (Å²) in [7, 11) is -2.27. The van der Waals surface area contributed by atoms with E-state index in [-0.39, 0.29) is 11.2 Å². The molecule has 21 heavy (non-hydrogen) atoms. The van der Waals surface area contributed by atoms with Gasteiger partial charge < -0.3 is 9.30 Å². The molecule has 2 nitrogen and oxygen atoms in total. The third-order valence-corrected chi connectivity index (χ3v) is 8.02. The maximum Gasteiger partial charge on any atom is 0.119 e. The fraction of sp³-hybridized carbons (Fsp3) is 0.625. The summed E-state index contributed by atoms with van der Waals surface area (Å²) in [5.41, 5.74) is 0.431. The van der Waals surface area contributed by atoms with Gasteiger partial charge in [-0.3, -0.25) is 0 Å². The van der Waals surface area contributed by atoms with Crippen molar-refractivity contribution in [2.24, 2.45) is 0 Å². The predicted molar refractivity (Wildman–Crippen MR) is 93.6 cm³/mol. The van der Waals surface area contributed by atoms with E-state index in [9.17, 15) is 4.57 Å². The van der Waals surface area contributed by atoms with E-state index in [4.69, 9.17) is 27.9 Å². The van der Waals surface area contributed by atoms with Crippen LogP contribution < -0.4 is 4.74 Å². The minimum absolute atomic E-state index is 0.216. The molecule has 0 spiro atoms. The maximum atomic E-state index is 12.0. The highest BCUT2D eigenvalue weighted by molar-refractivity contribution is 7.66. The molecule has 0 radical (unpaired) electrons. The Kier molecular flexibility index (Phi) is 10.3. The fourth-order valence-electron chi connectivity index (χ4n) is 2.07. The Labute approximate surface area is 138 Å².